The first-order valence-corrected chi connectivity index (χ1v) is 5.22. The van der Waals surface area contributed by atoms with Crippen molar-refractivity contribution in [3.63, 3.8) is 0 Å². The second-order valence-electron chi connectivity index (χ2n) is 2.92. The van der Waals surface area contributed by atoms with Gasteiger partial charge >= 0.3 is 6.03 Å². The number of urea groups is 1. The summed E-state index contributed by atoms with van der Waals surface area (Å²) in [6, 6.07) is 6.86. The van der Waals surface area contributed by atoms with Crippen molar-refractivity contribution in [2.24, 2.45) is 0 Å². The molecule has 0 radical (unpaired) electrons. The van der Waals surface area contributed by atoms with Crippen LogP contribution in [0.15, 0.2) is 35.1 Å². The van der Waals surface area contributed by atoms with Gasteiger partial charge in [-0.15, -0.1) is 0 Å². The van der Waals surface area contributed by atoms with E-state index in [4.69, 9.17) is 0 Å². The van der Waals surface area contributed by atoms with Gasteiger partial charge < -0.3 is 5.32 Å². The Morgan fingerprint density at radius 3 is 2.62 bits per heavy atom. The van der Waals surface area contributed by atoms with E-state index in [2.05, 4.69) is 41.7 Å². The lowest BCUT2D eigenvalue weighted by Gasteiger charge is -2.04. The minimum Gasteiger partial charge on any atom is -0.308 e. The van der Waals surface area contributed by atoms with Gasteiger partial charge in [0.15, 0.2) is 0 Å². The number of amides is 2. The fraction of sp³-hybridized carbons (Fsp3) is 0. The summed E-state index contributed by atoms with van der Waals surface area (Å²) >= 11 is 3.31. The number of halogens is 1. The molecule has 16 heavy (non-hydrogen) atoms. The topological polar surface area (TPSA) is 82.7 Å². The molecule has 2 rings (SSSR count). The smallest absolute Gasteiger partial charge is 0.308 e. The van der Waals surface area contributed by atoms with Crippen LogP contribution in [0, 0.1) is 0 Å². The van der Waals surface area contributed by atoms with E-state index >= 15 is 0 Å². The van der Waals surface area contributed by atoms with Gasteiger partial charge in [-0.25, -0.2) is 9.89 Å². The molecule has 0 saturated heterocycles. The first-order valence-electron chi connectivity index (χ1n) is 4.43. The average Bonchev–Trinajstić information content (AvgIpc) is 2.74. The first-order chi connectivity index (χ1) is 7.74. The number of benzene rings is 1. The summed E-state index contributed by atoms with van der Waals surface area (Å²) in [7, 11) is 0. The third-order valence-electron chi connectivity index (χ3n) is 1.75. The highest BCUT2D eigenvalue weighted by Gasteiger charge is 2.03. The lowest BCUT2D eigenvalue weighted by Crippen LogP contribution is -2.20. The first kappa shape index (κ1) is 10.6. The zero-order chi connectivity index (χ0) is 11.4. The van der Waals surface area contributed by atoms with Gasteiger partial charge in [0.05, 0.1) is 0 Å². The zero-order valence-electron chi connectivity index (χ0n) is 8.07. The van der Waals surface area contributed by atoms with E-state index in [0.29, 0.717) is 11.6 Å². The maximum absolute atomic E-state index is 11.4. The van der Waals surface area contributed by atoms with Crippen molar-refractivity contribution >= 4 is 33.6 Å². The number of aromatic nitrogens is 3. The Morgan fingerprint density at radius 1 is 1.25 bits per heavy atom. The standard InChI is InChI=1S/C9H8BrN5O/c10-6-1-3-7(4-2-6)13-9(16)14-8-11-5-12-15-8/h1-5H,(H3,11,12,13,14,15,16). The van der Waals surface area contributed by atoms with Crippen molar-refractivity contribution in [3.05, 3.63) is 35.1 Å². The lowest BCUT2D eigenvalue weighted by molar-refractivity contribution is 0.262. The van der Waals surface area contributed by atoms with Crippen LogP contribution in [0.3, 0.4) is 0 Å². The molecule has 0 saturated carbocycles. The van der Waals surface area contributed by atoms with Crippen LogP contribution >= 0.6 is 15.9 Å². The van der Waals surface area contributed by atoms with Gasteiger partial charge in [0, 0.05) is 10.2 Å². The number of nitrogens with zero attached hydrogens (tertiary/aromatic N) is 2. The van der Waals surface area contributed by atoms with Gasteiger partial charge in [-0.2, -0.15) is 10.1 Å². The van der Waals surface area contributed by atoms with Crippen molar-refractivity contribution in [3.8, 4) is 0 Å². The number of hydrogen-bond donors (Lipinski definition) is 3. The minimum absolute atomic E-state index is 0.301. The van der Waals surface area contributed by atoms with Gasteiger partial charge in [-0.1, -0.05) is 15.9 Å². The van der Waals surface area contributed by atoms with Crippen LogP contribution in [0.1, 0.15) is 0 Å². The van der Waals surface area contributed by atoms with Crippen LogP contribution in [0.5, 0.6) is 0 Å². The Hall–Kier alpha value is -1.89. The summed E-state index contributed by atoms with van der Waals surface area (Å²) in [6.45, 7) is 0. The van der Waals surface area contributed by atoms with Gasteiger partial charge in [-0.3, -0.25) is 5.32 Å². The largest absolute Gasteiger partial charge is 0.326 e. The number of carbonyl (C=O) groups is 1. The molecule has 82 valence electrons. The fourth-order valence-corrected chi connectivity index (χ4v) is 1.33. The number of rotatable bonds is 2. The number of anilines is 2. The zero-order valence-corrected chi connectivity index (χ0v) is 9.65. The molecule has 0 aliphatic heterocycles. The van der Waals surface area contributed by atoms with Crippen molar-refractivity contribution in [1.82, 2.24) is 15.2 Å². The SMILES string of the molecule is O=C(Nc1ccc(Br)cc1)Nc1ncn[nH]1. The normalized spacial score (nSPS) is 9.81. The number of nitrogens with one attached hydrogen (secondary N) is 3. The van der Waals surface area contributed by atoms with Crippen LogP contribution in [-0.4, -0.2) is 21.2 Å². The molecule has 1 aromatic carbocycles. The Morgan fingerprint density at radius 2 is 2.00 bits per heavy atom. The summed E-state index contributed by atoms with van der Waals surface area (Å²) in [5.41, 5.74) is 0.695. The fourth-order valence-electron chi connectivity index (χ4n) is 1.07. The lowest BCUT2D eigenvalue weighted by atomic mass is 10.3. The van der Waals surface area contributed by atoms with Crippen LogP contribution in [0.25, 0.3) is 0 Å². The van der Waals surface area contributed by atoms with E-state index in [1.807, 2.05) is 12.1 Å². The van der Waals surface area contributed by atoms with Gasteiger partial charge in [0.25, 0.3) is 0 Å². The molecule has 2 aromatic rings. The van der Waals surface area contributed by atoms with E-state index in [-0.39, 0.29) is 6.03 Å². The number of H-pyrrole nitrogens is 1. The highest BCUT2D eigenvalue weighted by atomic mass is 79.9. The van der Waals surface area contributed by atoms with Crippen LogP contribution < -0.4 is 10.6 Å². The third kappa shape index (κ3) is 2.80. The van der Waals surface area contributed by atoms with E-state index in [1.165, 1.54) is 6.33 Å². The molecule has 0 aliphatic rings. The molecular weight excluding hydrogens is 274 g/mol. The van der Waals surface area contributed by atoms with Gasteiger partial charge in [0.2, 0.25) is 5.95 Å². The molecule has 0 spiro atoms. The molecule has 0 bridgehead atoms. The Bertz CT molecular complexity index is 467. The molecule has 3 N–H and O–H groups in total. The highest BCUT2D eigenvalue weighted by molar-refractivity contribution is 9.10. The Labute approximate surface area is 99.6 Å². The molecule has 0 unspecified atom stereocenters. The summed E-state index contributed by atoms with van der Waals surface area (Å²) in [5.74, 6) is 0.301. The van der Waals surface area contributed by atoms with Crippen molar-refractivity contribution in [2.75, 3.05) is 10.6 Å². The number of carbonyl (C=O) groups excluding carboxylic acids is 1. The van der Waals surface area contributed by atoms with E-state index in [0.717, 1.165) is 4.47 Å². The quantitative estimate of drug-likeness (QED) is 0.789. The van der Waals surface area contributed by atoms with Crippen LogP contribution in [0.4, 0.5) is 16.4 Å². The third-order valence-corrected chi connectivity index (χ3v) is 2.28. The van der Waals surface area contributed by atoms with Crippen molar-refractivity contribution in [1.29, 1.82) is 0 Å². The highest BCUT2D eigenvalue weighted by Crippen LogP contribution is 2.14. The summed E-state index contributed by atoms with van der Waals surface area (Å²) in [6.07, 6.45) is 1.31. The Kier molecular flexibility index (Phi) is 3.16. The predicted octanol–water partition coefficient (Wildman–Crippen LogP) is 2.21. The molecule has 0 fully saturated rings. The molecule has 0 aliphatic carbocycles. The maximum Gasteiger partial charge on any atom is 0.326 e. The van der Waals surface area contributed by atoms with Gasteiger partial charge in [-0.05, 0) is 24.3 Å². The molecule has 7 heteroatoms. The predicted molar refractivity (Wildman–Crippen MR) is 63.2 cm³/mol. The number of hydrogen-bond acceptors (Lipinski definition) is 3. The molecule has 0 atom stereocenters. The maximum atomic E-state index is 11.4. The summed E-state index contributed by atoms with van der Waals surface area (Å²) in [4.78, 5) is 15.2. The molecule has 1 aromatic heterocycles. The van der Waals surface area contributed by atoms with Crippen molar-refractivity contribution in [2.45, 2.75) is 0 Å². The minimum atomic E-state index is -0.376. The van der Waals surface area contributed by atoms with Crippen molar-refractivity contribution < 1.29 is 4.79 Å². The summed E-state index contributed by atoms with van der Waals surface area (Å²) in [5, 5.41) is 11.3. The average molecular weight is 282 g/mol. The summed E-state index contributed by atoms with van der Waals surface area (Å²) < 4.78 is 0.952. The molecule has 1 heterocycles. The van der Waals surface area contributed by atoms with Gasteiger partial charge in [0.1, 0.15) is 6.33 Å². The number of aromatic amines is 1. The molecular formula is C9H8BrN5O. The molecule has 6 nitrogen and oxygen atoms in total. The van der Waals surface area contributed by atoms with E-state index in [1.54, 1.807) is 12.1 Å². The second-order valence-corrected chi connectivity index (χ2v) is 3.84. The second kappa shape index (κ2) is 4.75. The van der Waals surface area contributed by atoms with E-state index < -0.39 is 0 Å². The monoisotopic (exact) mass is 281 g/mol. The van der Waals surface area contributed by atoms with Crippen LogP contribution in [-0.2, 0) is 0 Å². The Balaban J connectivity index is 1.95. The molecule has 2 amide bonds. The van der Waals surface area contributed by atoms with Crippen LogP contribution in [0.2, 0.25) is 0 Å². The van der Waals surface area contributed by atoms with E-state index in [9.17, 15) is 4.79 Å².